The van der Waals surface area contributed by atoms with Gasteiger partial charge in [-0.05, 0) is 37.5 Å². The van der Waals surface area contributed by atoms with Crippen LogP contribution in [-0.4, -0.2) is 108 Å². The van der Waals surface area contributed by atoms with E-state index in [2.05, 4.69) is 14.6 Å². The number of guanidine groups is 1. The average Bonchev–Trinajstić information content (AvgIpc) is 2.85. The van der Waals surface area contributed by atoms with E-state index in [0.29, 0.717) is 72.1 Å². The zero-order valence-corrected chi connectivity index (χ0v) is 21.9. The first-order chi connectivity index (χ1) is 17.2. The molecule has 36 heavy (non-hydrogen) atoms. The summed E-state index contributed by atoms with van der Waals surface area (Å²) < 4.78 is 39.5. The van der Waals surface area contributed by atoms with Crippen molar-refractivity contribution in [1.82, 2.24) is 14.5 Å². The molecule has 0 radical (unpaired) electrons. The lowest BCUT2D eigenvalue weighted by atomic mass is 10.1. The normalized spacial score (nSPS) is 15.6. The highest BCUT2D eigenvalue weighted by Crippen LogP contribution is 2.15. The van der Waals surface area contributed by atoms with E-state index in [0.717, 1.165) is 12.1 Å². The molecule has 7 N–H and O–H groups in total. The van der Waals surface area contributed by atoms with Gasteiger partial charge in [-0.1, -0.05) is 12.1 Å². The first-order valence-electron chi connectivity index (χ1n) is 12.2. The molecule has 1 amide bonds. The van der Waals surface area contributed by atoms with Gasteiger partial charge in [-0.2, -0.15) is 4.72 Å². The van der Waals surface area contributed by atoms with Crippen molar-refractivity contribution < 1.29 is 22.7 Å². The van der Waals surface area contributed by atoms with E-state index in [-0.39, 0.29) is 23.2 Å². The van der Waals surface area contributed by atoms with E-state index in [1.165, 1.54) is 6.07 Å². The van der Waals surface area contributed by atoms with Crippen LogP contribution in [0.3, 0.4) is 0 Å². The number of carbonyl (C=O) groups excluding carboxylic acids is 1. The molecule has 1 aliphatic rings. The third-order valence-corrected chi connectivity index (χ3v) is 7.18. The lowest BCUT2D eigenvalue weighted by Crippen LogP contribution is -2.55. The zero-order chi connectivity index (χ0) is 26.4. The highest BCUT2D eigenvalue weighted by molar-refractivity contribution is 7.89. The van der Waals surface area contributed by atoms with Crippen molar-refractivity contribution in [2.75, 3.05) is 72.2 Å². The van der Waals surface area contributed by atoms with Crippen LogP contribution in [0.4, 0.5) is 0 Å². The van der Waals surface area contributed by atoms with E-state index in [4.69, 9.17) is 26.7 Å². The van der Waals surface area contributed by atoms with Gasteiger partial charge in [0.2, 0.25) is 15.9 Å². The minimum atomic E-state index is -3.88. The Hall–Kier alpha value is -2.29. The van der Waals surface area contributed by atoms with Gasteiger partial charge in [-0.15, -0.1) is 0 Å². The summed E-state index contributed by atoms with van der Waals surface area (Å²) in [6.07, 6.45) is 0.734. The van der Waals surface area contributed by atoms with Crippen LogP contribution in [0, 0.1) is 6.92 Å². The molecular formula is C23H41N7O5S. The van der Waals surface area contributed by atoms with Gasteiger partial charge < -0.3 is 31.6 Å². The first-order valence-corrected chi connectivity index (χ1v) is 13.7. The third kappa shape index (κ3) is 10.8. The number of aryl methyl sites for hydroxylation is 1. The minimum Gasteiger partial charge on any atom is -0.378 e. The molecule has 0 aliphatic carbocycles. The van der Waals surface area contributed by atoms with Gasteiger partial charge in [0.1, 0.15) is 6.04 Å². The summed E-state index contributed by atoms with van der Waals surface area (Å²) in [5.74, 6) is -0.287. The van der Waals surface area contributed by atoms with Gasteiger partial charge in [0.25, 0.3) is 0 Å². The van der Waals surface area contributed by atoms with Crippen LogP contribution in [0.15, 0.2) is 34.2 Å². The maximum absolute atomic E-state index is 13.3. The van der Waals surface area contributed by atoms with Crippen molar-refractivity contribution in [3.05, 3.63) is 29.8 Å². The number of nitrogens with one attached hydrogen (secondary N) is 1. The van der Waals surface area contributed by atoms with E-state index in [1.807, 2.05) is 13.0 Å². The molecule has 204 valence electrons. The topological polar surface area (TPSA) is 179 Å². The Morgan fingerprint density at radius 3 is 2.44 bits per heavy atom. The summed E-state index contributed by atoms with van der Waals surface area (Å²) in [5, 5.41) is 0. The highest BCUT2D eigenvalue weighted by Gasteiger charge is 2.31. The van der Waals surface area contributed by atoms with Crippen molar-refractivity contribution in [3.8, 4) is 0 Å². The molecule has 2 rings (SSSR count). The molecule has 1 fully saturated rings. The van der Waals surface area contributed by atoms with Gasteiger partial charge >= 0.3 is 0 Å². The van der Waals surface area contributed by atoms with Crippen molar-refractivity contribution in [3.63, 3.8) is 0 Å². The Labute approximate surface area is 214 Å². The number of amides is 1. The first kappa shape index (κ1) is 29.9. The summed E-state index contributed by atoms with van der Waals surface area (Å²) >= 11 is 0. The molecule has 0 spiro atoms. The smallest absolute Gasteiger partial charge is 0.241 e. The Morgan fingerprint density at radius 2 is 1.81 bits per heavy atom. The number of hydrogen-bond acceptors (Lipinski definition) is 8. The maximum Gasteiger partial charge on any atom is 0.241 e. The summed E-state index contributed by atoms with van der Waals surface area (Å²) in [6.45, 7) is 7.88. The molecule has 1 aromatic rings. The number of carbonyl (C=O) groups is 1. The summed E-state index contributed by atoms with van der Waals surface area (Å²) in [5.41, 5.74) is 16.9. The molecule has 0 aromatic heterocycles. The lowest BCUT2D eigenvalue weighted by molar-refractivity contribution is -0.135. The molecule has 0 saturated carbocycles. The molecule has 12 nitrogen and oxygen atoms in total. The zero-order valence-electron chi connectivity index (χ0n) is 21.1. The number of nitrogens with two attached hydrogens (primary N) is 3. The number of piperazine rings is 1. The van der Waals surface area contributed by atoms with Crippen molar-refractivity contribution >= 4 is 21.9 Å². The predicted octanol–water partition coefficient (Wildman–Crippen LogP) is -1.17. The van der Waals surface area contributed by atoms with Crippen molar-refractivity contribution in [1.29, 1.82) is 0 Å². The molecule has 1 saturated heterocycles. The van der Waals surface area contributed by atoms with Gasteiger partial charge in [-0.25, -0.2) is 8.42 Å². The Bertz CT molecular complexity index is 933. The molecule has 0 bridgehead atoms. The maximum atomic E-state index is 13.3. The number of nitrogens with zero attached hydrogens (tertiary/aromatic N) is 3. The second kappa shape index (κ2) is 15.7. The van der Waals surface area contributed by atoms with E-state index in [9.17, 15) is 13.2 Å². The number of ether oxygens (including phenoxy) is 2. The highest BCUT2D eigenvalue weighted by atomic mass is 32.2. The molecule has 1 atom stereocenters. The predicted molar refractivity (Wildman–Crippen MR) is 139 cm³/mol. The van der Waals surface area contributed by atoms with Crippen molar-refractivity contribution in [2.24, 2.45) is 22.2 Å². The van der Waals surface area contributed by atoms with Crippen LogP contribution in [0.1, 0.15) is 18.4 Å². The summed E-state index contributed by atoms with van der Waals surface area (Å²) in [4.78, 5) is 21.3. The van der Waals surface area contributed by atoms with Gasteiger partial charge in [0.15, 0.2) is 5.96 Å². The molecule has 0 unspecified atom stereocenters. The van der Waals surface area contributed by atoms with Crippen molar-refractivity contribution in [2.45, 2.75) is 30.7 Å². The second-order valence-corrected chi connectivity index (χ2v) is 10.3. The monoisotopic (exact) mass is 527 g/mol. The molecular weight excluding hydrogens is 486 g/mol. The van der Waals surface area contributed by atoms with Crippen LogP contribution in [0.2, 0.25) is 0 Å². The average molecular weight is 528 g/mol. The molecule has 1 heterocycles. The fourth-order valence-electron chi connectivity index (χ4n) is 3.79. The molecule has 1 aromatic carbocycles. The number of sulfonamides is 1. The van der Waals surface area contributed by atoms with Gasteiger partial charge in [-0.3, -0.25) is 14.7 Å². The van der Waals surface area contributed by atoms with E-state index < -0.39 is 16.1 Å². The quantitative estimate of drug-likeness (QED) is 0.117. The minimum absolute atomic E-state index is 0.0404. The molecule has 1 aliphatic heterocycles. The SMILES string of the molecule is Cc1cccc(S(=O)(=O)N[C@@H](CCCN=C(N)N)C(=O)N2CCN(CCOCCOCCN)CC2)c1. The van der Waals surface area contributed by atoms with Gasteiger partial charge in [0, 0.05) is 45.8 Å². The number of hydrogen-bond donors (Lipinski definition) is 4. The second-order valence-electron chi connectivity index (χ2n) is 8.62. The van der Waals surface area contributed by atoms with E-state index >= 15 is 0 Å². The standard InChI is InChI=1S/C23H41N7O5S/c1-19-4-2-5-20(18-19)36(32,33)28-21(6-3-8-27-23(25)26)22(31)30-11-9-29(10-12-30)13-15-35-17-16-34-14-7-24/h2,4-5,18,21,28H,3,6-17,24H2,1H3,(H4,25,26,27)/t21-/m0/s1. The van der Waals surface area contributed by atoms with Gasteiger partial charge in [0.05, 0.1) is 31.3 Å². The fourth-order valence-corrected chi connectivity index (χ4v) is 5.11. The Morgan fingerprint density at radius 1 is 1.11 bits per heavy atom. The largest absolute Gasteiger partial charge is 0.378 e. The fraction of sp³-hybridized carbons (Fsp3) is 0.652. The summed E-state index contributed by atoms with van der Waals surface area (Å²) in [7, 11) is -3.88. The van der Waals surface area contributed by atoms with Crippen LogP contribution in [0.25, 0.3) is 0 Å². The molecule has 13 heteroatoms. The van der Waals surface area contributed by atoms with Crippen LogP contribution >= 0.6 is 0 Å². The third-order valence-electron chi connectivity index (χ3n) is 5.71. The number of aliphatic imine (C=N–C) groups is 1. The Kier molecular flexibility index (Phi) is 13.1. The van der Waals surface area contributed by atoms with Crippen LogP contribution in [-0.2, 0) is 24.3 Å². The number of rotatable bonds is 16. The Balaban J connectivity index is 1.91. The number of benzene rings is 1. The van der Waals surface area contributed by atoms with Crippen LogP contribution < -0.4 is 21.9 Å². The lowest BCUT2D eigenvalue weighted by Gasteiger charge is -2.36. The van der Waals surface area contributed by atoms with Crippen LogP contribution in [0.5, 0.6) is 0 Å². The van der Waals surface area contributed by atoms with E-state index in [1.54, 1.807) is 17.0 Å². The summed E-state index contributed by atoms with van der Waals surface area (Å²) in [6, 6.07) is 5.68.